The molecule has 11 heteroatoms. The molecule has 0 unspecified atom stereocenters. The maximum Gasteiger partial charge on any atom is 0.281 e. The van der Waals surface area contributed by atoms with Crippen molar-refractivity contribution in [2.75, 3.05) is 36.5 Å². The highest BCUT2D eigenvalue weighted by Crippen LogP contribution is 2.70. The summed E-state index contributed by atoms with van der Waals surface area (Å²) >= 11 is 0. The molecule has 5 heterocycles. The van der Waals surface area contributed by atoms with Crippen LogP contribution in [-0.2, 0) is 9.53 Å². The molecule has 2 saturated carbocycles. The van der Waals surface area contributed by atoms with Crippen molar-refractivity contribution in [3.8, 4) is 11.4 Å². The standard InChI is InChI=1S/C25H23F2N7O2/c26-22(27)21-16-11-28-19(30-24(35)18-10-25(18)3-4-25)9-15(16)17(12-29-21)23-31-20-2-1-14(13-34(20)32-23)33-5-7-36-8-6-33/h1-2,9,11-13,18,22H,3-8,10H2,(H,28,30,35)/t18-/m1/s1. The topological polar surface area (TPSA) is 97.5 Å². The highest BCUT2D eigenvalue weighted by molar-refractivity contribution is 6.00. The number of amides is 1. The van der Waals surface area contributed by atoms with Gasteiger partial charge in [-0.25, -0.2) is 23.3 Å². The maximum atomic E-state index is 13.7. The fourth-order valence-electron chi connectivity index (χ4n) is 5.22. The summed E-state index contributed by atoms with van der Waals surface area (Å²) < 4.78 is 34.6. The zero-order chi connectivity index (χ0) is 24.4. The molecule has 9 nitrogen and oxygen atoms in total. The number of hydrogen-bond donors (Lipinski definition) is 1. The van der Waals surface area contributed by atoms with Gasteiger partial charge in [0.25, 0.3) is 6.43 Å². The highest BCUT2D eigenvalue weighted by Gasteiger charge is 2.65. The van der Waals surface area contributed by atoms with Crippen LogP contribution >= 0.6 is 0 Å². The summed E-state index contributed by atoms with van der Waals surface area (Å²) in [5.41, 5.74) is 1.96. The number of nitrogens with zero attached hydrogens (tertiary/aromatic N) is 6. The van der Waals surface area contributed by atoms with E-state index in [1.165, 1.54) is 12.4 Å². The molecule has 1 N–H and O–H groups in total. The Bertz CT molecular complexity index is 1510. The first-order valence-electron chi connectivity index (χ1n) is 12.1. The molecule has 1 aliphatic heterocycles. The van der Waals surface area contributed by atoms with Crippen LogP contribution in [0.3, 0.4) is 0 Å². The summed E-state index contributed by atoms with van der Waals surface area (Å²) in [6.45, 7) is 2.92. The van der Waals surface area contributed by atoms with Crippen molar-refractivity contribution < 1.29 is 18.3 Å². The molecule has 0 aromatic carbocycles. The summed E-state index contributed by atoms with van der Waals surface area (Å²) in [5.74, 6) is 0.631. The third-order valence-corrected chi connectivity index (χ3v) is 7.59. The van der Waals surface area contributed by atoms with Crippen LogP contribution in [0.5, 0.6) is 0 Å². The second-order valence-corrected chi connectivity index (χ2v) is 9.81. The lowest BCUT2D eigenvalue weighted by Crippen LogP contribution is -2.36. The minimum absolute atomic E-state index is 0.0179. The van der Waals surface area contributed by atoms with Gasteiger partial charge < -0.3 is 15.0 Å². The molecule has 0 radical (unpaired) electrons. The summed E-state index contributed by atoms with van der Waals surface area (Å²) in [4.78, 5) is 27.7. The van der Waals surface area contributed by atoms with Crippen LogP contribution in [0, 0.1) is 11.3 Å². The predicted octanol–water partition coefficient (Wildman–Crippen LogP) is 3.85. The van der Waals surface area contributed by atoms with Gasteiger partial charge in [-0.05, 0) is 42.9 Å². The number of pyridine rings is 3. The Kier molecular flexibility index (Phi) is 4.72. The third kappa shape index (κ3) is 3.57. The van der Waals surface area contributed by atoms with Crippen LogP contribution in [-0.4, -0.2) is 56.8 Å². The summed E-state index contributed by atoms with van der Waals surface area (Å²) in [7, 11) is 0. The predicted molar refractivity (Wildman–Crippen MR) is 128 cm³/mol. The molecule has 1 saturated heterocycles. The van der Waals surface area contributed by atoms with Crippen LogP contribution in [0.25, 0.3) is 27.8 Å². The molecule has 4 aromatic rings. The van der Waals surface area contributed by atoms with Gasteiger partial charge in [0.1, 0.15) is 11.5 Å². The van der Waals surface area contributed by atoms with E-state index in [0.717, 1.165) is 38.0 Å². The minimum atomic E-state index is -2.77. The Balaban J connectivity index is 1.28. The van der Waals surface area contributed by atoms with Crippen molar-refractivity contribution >= 4 is 33.8 Å². The van der Waals surface area contributed by atoms with Gasteiger partial charge in [-0.2, -0.15) is 0 Å². The minimum Gasteiger partial charge on any atom is -0.378 e. The van der Waals surface area contributed by atoms with Gasteiger partial charge in [-0.15, -0.1) is 5.10 Å². The number of fused-ring (bicyclic) bond motifs is 2. The van der Waals surface area contributed by atoms with Crippen molar-refractivity contribution in [3.05, 3.63) is 42.5 Å². The third-order valence-electron chi connectivity index (χ3n) is 7.59. The van der Waals surface area contributed by atoms with Crippen LogP contribution in [0.2, 0.25) is 0 Å². The largest absolute Gasteiger partial charge is 0.378 e. The van der Waals surface area contributed by atoms with Crippen LogP contribution < -0.4 is 10.2 Å². The van der Waals surface area contributed by atoms with E-state index in [1.54, 1.807) is 10.6 Å². The SMILES string of the molecule is O=C(Nc1cc2c(-c3nc4ccc(N5CCOCC5)cn4n3)cnc(C(F)F)c2cn1)[C@H]1CC12CC2. The molecule has 3 fully saturated rings. The van der Waals surface area contributed by atoms with Crippen molar-refractivity contribution in [3.63, 3.8) is 0 Å². The molecule has 1 spiro atoms. The molecule has 184 valence electrons. The molecular formula is C25H23F2N7O2. The average Bonchev–Trinajstić information content (AvgIpc) is 3.79. The van der Waals surface area contributed by atoms with Crippen molar-refractivity contribution in [2.45, 2.75) is 25.7 Å². The highest BCUT2D eigenvalue weighted by atomic mass is 19.3. The number of anilines is 2. The summed E-state index contributed by atoms with van der Waals surface area (Å²) in [6.07, 6.45) is 4.94. The van der Waals surface area contributed by atoms with Gasteiger partial charge in [0.05, 0.1) is 25.1 Å². The van der Waals surface area contributed by atoms with Crippen LogP contribution in [0.1, 0.15) is 31.4 Å². The number of alkyl halides is 2. The van der Waals surface area contributed by atoms with Crippen molar-refractivity contribution in [1.82, 2.24) is 24.6 Å². The van der Waals surface area contributed by atoms with E-state index >= 15 is 0 Å². The van der Waals surface area contributed by atoms with Gasteiger partial charge in [-0.3, -0.25) is 9.78 Å². The number of rotatable bonds is 5. The molecule has 3 aliphatic rings. The van der Waals surface area contributed by atoms with E-state index in [0.29, 0.717) is 41.5 Å². The first-order valence-corrected chi connectivity index (χ1v) is 12.1. The fraction of sp³-hybridized carbons (Fsp3) is 0.400. The van der Waals surface area contributed by atoms with Gasteiger partial charge in [0.2, 0.25) is 5.91 Å². The lowest BCUT2D eigenvalue weighted by atomic mass is 10.1. The molecule has 1 atom stereocenters. The smallest absolute Gasteiger partial charge is 0.281 e. The molecule has 2 aliphatic carbocycles. The molecular weight excluding hydrogens is 468 g/mol. The van der Waals surface area contributed by atoms with Crippen molar-refractivity contribution in [2.24, 2.45) is 11.3 Å². The Morgan fingerprint density at radius 3 is 2.72 bits per heavy atom. The van der Waals surface area contributed by atoms with E-state index in [4.69, 9.17) is 4.74 Å². The molecule has 7 rings (SSSR count). The lowest BCUT2D eigenvalue weighted by molar-refractivity contribution is -0.117. The Labute approximate surface area is 204 Å². The molecule has 4 aromatic heterocycles. The molecule has 1 amide bonds. The summed E-state index contributed by atoms with van der Waals surface area (Å²) in [6, 6.07) is 5.47. The second kappa shape index (κ2) is 7.89. The van der Waals surface area contributed by atoms with Gasteiger partial charge >= 0.3 is 0 Å². The van der Waals surface area contributed by atoms with Crippen LogP contribution in [0.4, 0.5) is 20.3 Å². The first kappa shape index (κ1) is 21.5. The Morgan fingerprint density at radius 1 is 1.14 bits per heavy atom. The number of morpholine rings is 1. The Hall–Kier alpha value is -3.73. The van der Waals surface area contributed by atoms with Gasteiger partial charge in [-0.1, -0.05) is 0 Å². The zero-order valence-corrected chi connectivity index (χ0v) is 19.3. The number of aromatic nitrogens is 5. The second-order valence-electron chi connectivity index (χ2n) is 9.81. The maximum absolute atomic E-state index is 13.7. The number of hydrogen-bond acceptors (Lipinski definition) is 7. The molecule has 0 bridgehead atoms. The number of halogens is 2. The van der Waals surface area contributed by atoms with E-state index in [2.05, 4.69) is 30.3 Å². The average molecular weight is 492 g/mol. The summed E-state index contributed by atoms with van der Waals surface area (Å²) in [5, 5.41) is 8.17. The zero-order valence-electron chi connectivity index (χ0n) is 19.3. The van der Waals surface area contributed by atoms with E-state index in [1.807, 2.05) is 18.3 Å². The lowest BCUT2D eigenvalue weighted by Gasteiger charge is -2.28. The number of carbonyl (C=O) groups excluding carboxylic acids is 1. The van der Waals surface area contributed by atoms with E-state index < -0.39 is 6.43 Å². The van der Waals surface area contributed by atoms with E-state index in [9.17, 15) is 13.6 Å². The fourth-order valence-corrected chi connectivity index (χ4v) is 5.22. The van der Waals surface area contributed by atoms with Crippen molar-refractivity contribution in [1.29, 1.82) is 0 Å². The Morgan fingerprint density at radius 2 is 1.97 bits per heavy atom. The van der Waals surface area contributed by atoms with Crippen LogP contribution in [0.15, 0.2) is 36.8 Å². The number of carbonyl (C=O) groups is 1. The first-order chi connectivity index (χ1) is 17.5. The van der Waals surface area contributed by atoms with E-state index in [-0.39, 0.29) is 28.3 Å². The van der Waals surface area contributed by atoms with Gasteiger partial charge in [0.15, 0.2) is 11.5 Å². The number of nitrogens with one attached hydrogen (secondary N) is 1. The monoisotopic (exact) mass is 491 g/mol. The molecule has 36 heavy (non-hydrogen) atoms. The van der Waals surface area contributed by atoms with Gasteiger partial charge in [0, 0.05) is 47.7 Å². The normalized spacial score (nSPS) is 20.4. The quantitative estimate of drug-likeness (QED) is 0.453. The number of ether oxygens (including phenoxy) is 1.